The summed E-state index contributed by atoms with van der Waals surface area (Å²) in [6.45, 7) is 6.96. The molecule has 4 atom stereocenters. The van der Waals surface area contributed by atoms with E-state index in [1.165, 1.54) is 10.5 Å². The SMILES string of the molecule is COc1ccc(C)cc1N1CCN(CCCN2C(=O)C3CC(O)C(O)CC3C2=O)CC1.O=C(O)CCC(=O)O. The molecule has 0 spiro atoms. The molecule has 1 aromatic rings. The number of carbonyl (C=O) groups excluding carboxylic acids is 2. The van der Waals surface area contributed by atoms with Crippen molar-refractivity contribution in [2.75, 3.05) is 51.3 Å². The first-order valence-electron chi connectivity index (χ1n) is 13.3. The van der Waals surface area contributed by atoms with E-state index in [1.54, 1.807) is 7.11 Å². The first kappa shape index (κ1) is 30.3. The highest BCUT2D eigenvalue weighted by Gasteiger charge is 2.51. The van der Waals surface area contributed by atoms with Crippen LogP contribution in [0.2, 0.25) is 0 Å². The number of fused-ring (bicyclic) bond motifs is 1. The monoisotopic (exact) mass is 549 g/mol. The van der Waals surface area contributed by atoms with Gasteiger partial charge >= 0.3 is 11.9 Å². The number of piperazine rings is 1. The van der Waals surface area contributed by atoms with Gasteiger partial charge in [-0.25, -0.2) is 0 Å². The molecule has 0 radical (unpaired) electrons. The zero-order valence-electron chi connectivity index (χ0n) is 22.5. The van der Waals surface area contributed by atoms with Crippen molar-refractivity contribution in [1.29, 1.82) is 0 Å². The van der Waals surface area contributed by atoms with Crippen LogP contribution in [0.4, 0.5) is 5.69 Å². The second-order valence-corrected chi connectivity index (χ2v) is 10.3. The number of likely N-dealkylation sites (tertiary alicyclic amines) is 1. The summed E-state index contributed by atoms with van der Waals surface area (Å²) in [5.41, 5.74) is 2.33. The van der Waals surface area contributed by atoms with Gasteiger partial charge in [-0.15, -0.1) is 0 Å². The van der Waals surface area contributed by atoms with E-state index in [2.05, 4.69) is 28.9 Å². The Balaban J connectivity index is 0.000000459. The van der Waals surface area contributed by atoms with E-state index < -0.39 is 36.0 Å². The number of nitrogens with zero attached hydrogens (tertiary/aromatic N) is 3. The Morgan fingerprint density at radius 3 is 1.92 bits per heavy atom. The summed E-state index contributed by atoms with van der Waals surface area (Å²) < 4.78 is 5.52. The van der Waals surface area contributed by atoms with Gasteiger partial charge in [0.05, 0.1) is 49.7 Å². The number of aryl methyl sites for hydroxylation is 1. The van der Waals surface area contributed by atoms with Crippen LogP contribution in [0.25, 0.3) is 0 Å². The summed E-state index contributed by atoms with van der Waals surface area (Å²) in [6, 6.07) is 6.22. The molecule has 1 aromatic carbocycles. The number of benzene rings is 1. The quantitative estimate of drug-likeness (QED) is 0.318. The maximum absolute atomic E-state index is 12.7. The van der Waals surface area contributed by atoms with E-state index in [4.69, 9.17) is 14.9 Å². The summed E-state index contributed by atoms with van der Waals surface area (Å²) in [4.78, 5) is 50.7. The Kier molecular flexibility index (Phi) is 10.7. The number of imide groups is 1. The largest absolute Gasteiger partial charge is 0.495 e. The zero-order chi connectivity index (χ0) is 28.7. The van der Waals surface area contributed by atoms with Crippen LogP contribution in [0.1, 0.15) is 37.7 Å². The number of amides is 2. The molecule has 1 aliphatic carbocycles. The summed E-state index contributed by atoms with van der Waals surface area (Å²) in [5, 5.41) is 35.5. The molecule has 4 rings (SSSR count). The molecule has 2 saturated heterocycles. The van der Waals surface area contributed by atoms with Crippen molar-refractivity contribution in [1.82, 2.24) is 9.80 Å². The first-order valence-corrected chi connectivity index (χ1v) is 13.3. The predicted octanol–water partition coefficient (Wildman–Crippen LogP) is 0.568. The number of carboxylic acid groups (broad SMARTS) is 2. The van der Waals surface area contributed by atoms with E-state index in [0.29, 0.717) is 6.54 Å². The number of hydrogen-bond acceptors (Lipinski definition) is 9. The number of aliphatic hydroxyl groups is 2. The lowest BCUT2D eigenvalue weighted by atomic mass is 9.78. The molecule has 216 valence electrons. The molecule has 0 aromatic heterocycles. The lowest BCUT2D eigenvalue weighted by Gasteiger charge is -2.37. The number of anilines is 1. The summed E-state index contributed by atoms with van der Waals surface area (Å²) in [5.74, 6) is -2.58. The lowest BCUT2D eigenvalue weighted by Crippen LogP contribution is -2.47. The third-order valence-corrected chi connectivity index (χ3v) is 7.54. The fraction of sp³-hybridized carbons (Fsp3) is 0.630. The van der Waals surface area contributed by atoms with Crippen molar-refractivity contribution in [3.8, 4) is 5.75 Å². The minimum absolute atomic E-state index is 0.178. The molecule has 3 fully saturated rings. The van der Waals surface area contributed by atoms with Gasteiger partial charge in [0.15, 0.2) is 0 Å². The molecule has 2 aliphatic heterocycles. The topological polar surface area (TPSA) is 168 Å². The molecular formula is C27H39N3O9. The highest BCUT2D eigenvalue weighted by molar-refractivity contribution is 6.05. The highest BCUT2D eigenvalue weighted by atomic mass is 16.5. The third kappa shape index (κ3) is 7.90. The molecular weight excluding hydrogens is 510 g/mol. The van der Waals surface area contributed by atoms with Crippen LogP contribution in [0, 0.1) is 18.8 Å². The number of aliphatic carboxylic acids is 2. The summed E-state index contributed by atoms with van der Waals surface area (Å²) in [7, 11) is 1.70. The molecule has 3 aliphatic rings. The second-order valence-electron chi connectivity index (χ2n) is 10.3. The Morgan fingerprint density at radius 2 is 1.44 bits per heavy atom. The Hall–Kier alpha value is -3.22. The molecule has 12 nitrogen and oxygen atoms in total. The normalized spacial score (nSPS) is 25.1. The smallest absolute Gasteiger partial charge is 0.303 e. The van der Waals surface area contributed by atoms with Crippen LogP contribution >= 0.6 is 0 Å². The van der Waals surface area contributed by atoms with Crippen LogP contribution in [-0.4, -0.2) is 113 Å². The van der Waals surface area contributed by atoms with Crippen LogP contribution in [0.15, 0.2) is 18.2 Å². The maximum Gasteiger partial charge on any atom is 0.303 e. The Labute approximate surface area is 227 Å². The van der Waals surface area contributed by atoms with Crippen molar-refractivity contribution in [3.63, 3.8) is 0 Å². The molecule has 2 heterocycles. The Bertz CT molecular complexity index is 999. The Morgan fingerprint density at radius 1 is 0.897 bits per heavy atom. The fourth-order valence-electron chi connectivity index (χ4n) is 5.36. The third-order valence-electron chi connectivity index (χ3n) is 7.54. The fourth-order valence-corrected chi connectivity index (χ4v) is 5.36. The van der Waals surface area contributed by atoms with Gasteiger partial charge in [-0.3, -0.25) is 29.0 Å². The molecule has 0 bridgehead atoms. The highest BCUT2D eigenvalue weighted by Crippen LogP contribution is 2.38. The standard InChI is InChI=1S/C23H33N3O5.C4H6O4/c1-15-4-5-21(31-2)18(12-15)25-10-8-24(9-11-25)6-3-7-26-22(29)16-13-19(27)20(28)14-17(16)23(26)30;5-3(6)1-2-4(7)8/h4-5,12,16-17,19-20,27-28H,3,6-11,13-14H2,1-2H3;1-2H2,(H,5,6)(H,7,8). The average molecular weight is 550 g/mol. The van der Waals surface area contributed by atoms with Crippen LogP contribution in [-0.2, 0) is 19.2 Å². The maximum atomic E-state index is 12.7. The van der Waals surface area contributed by atoms with Crippen LogP contribution in [0.3, 0.4) is 0 Å². The molecule has 4 N–H and O–H groups in total. The number of rotatable bonds is 9. The number of methoxy groups -OCH3 is 1. The van der Waals surface area contributed by atoms with Crippen LogP contribution < -0.4 is 9.64 Å². The predicted molar refractivity (Wildman–Crippen MR) is 140 cm³/mol. The van der Waals surface area contributed by atoms with Gasteiger partial charge in [-0.2, -0.15) is 0 Å². The minimum atomic E-state index is -1.08. The molecule has 39 heavy (non-hydrogen) atoms. The summed E-state index contributed by atoms with van der Waals surface area (Å²) in [6.07, 6.45) is -1.34. The van der Waals surface area contributed by atoms with Crippen molar-refractivity contribution in [3.05, 3.63) is 23.8 Å². The lowest BCUT2D eigenvalue weighted by molar-refractivity contribution is -0.143. The van der Waals surface area contributed by atoms with Gasteiger partial charge in [0.25, 0.3) is 0 Å². The number of aliphatic hydroxyl groups excluding tert-OH is 2. The van der Waals surface area contributed by atoms with Gasteiger partial charge in [-0.05, 0) is 50.4 Å². The molecule has 12 heteroatoms. The first-order chi connectivity index (χ1) is 18.5. The average Bonchev–Trinajstić information content (AvgIpc) is 3.12. The van der Waals surface area contributed by atoms with Gasteiger partial charge in [0.2, 0.25) is 11.8 Å². The molecule has 1 saturated carbocycles. The van der Waals surface area contributed by atoms with E-state index >= 15 is 0 Å². The minimum Gasteiger partial charge on any atom is -0.495 e. The van der Waals surface area contributed by atoms with E-state index in [-0.39, 0.29) is 37.5 Å². The number of carboxylic acids is 2. The number of ether oxygens (including phenoxy) is 1. The van der Waals surface area contributed by atoms with Crippen molar-refractivity contribution < 1.29 is 44.3 Å². The second kappa shape index (κ2) is 13.7. The summed E-state index contributed by atoms with van der Waals surface area (Å²) >= 11 is 0. The van der Waals surface area contributed by atoms with E-state index in [1.807, 2.05) is 6.07 Å². The van der Waals surface area contributed by atoms with Crippen molar-refractivity contribution in [2.45, 2.75) is 51.2 Å². The van der Waals surface area contributed by atoms with Crippen molar-refractivity contribution >= 4 is 29.4 Å². The van der Waals surface area contributed by atoms with E-state index in [0.717, 1.165) is 50.6 Å². The van der Waals surface area contributed by atoms with Gasteiger partial charge in [0, 0.05) is 32.7 Å². The number of hydrogen-bond donors (Lipinski definition) is 4. The van der Waals surface area contributed by atoms with Gasteiger partial charge in [-0.1, -0.05) is 6.07 Å². The molecule has 2 amide bonds. The van der Waals surface area contributed by atoms with Crippen LogP contribution in [0.5, 0.6) is 5.75 Å². The molecule has 4 unspecified atom stereocenters. The van der Waals surface area contributed by atoms with Crippen molar-refractivity contribution in [2.24, 2.45) is 11.8 Å². The number of carbonyl (C=O) groups is 4. The van der Waals surface area contributed by atoms with E-state index in [9.17, 15) is 29.4 Å². The van der Waals surface area contributed by atoms with Gasteiger partial charge < -0.3 is 30.1 Å². The zero-order valence-corrected chi connectivity index (χ0v) is 22.5. The van der Waals surface area contributed by atoms with Gasteiger partial charge in [0.1, 0.15) is 5.75 Å².